The van der Waals surface area contributed by atoms with Gasteiger partial charge in [-0.2, -0.15) is 0 Å². The van der Waals surface area contributed by atoms with Gasteiger partial charge in [0.05, 0.1) is 11.1 Å². The predicted molar refractivity (Wildman–Crippen MR) is 145 cm³/mol. The second kappa shape index (κ2) is 13.6. The van der Waals surface area contributed by atoms with Crippen molar-refractivity contribution in [2.45, 2.75) is 85.0 Å². The molecule has 1 aromatic carbocycles. The van der Waals surface area contributed by atoms with Crippen molar-refractivity contribution < 1.29 is 29.0 Å². The first-order valence-electron chi connectivity index (χ1n) is 12.9. The van der Waals surface area contributed by atoms with Crippen molar-refractivity contribution in [3.8, 4) is 5.75 Å². The van der Waals surface area contributed by atoms with Gasteiger partial charge in [-0.3, -0.25) is 14.4 Å². The number of carbonyl (C=O) groups is 4. The number of carbonyl (C=O) groups excluding carboxylic acids is 4. The van der Waals surface area contributed by atoms with Gasteiger partial charge in [0, 0.05) is 19.4 Å². The second-order valence-electron chi connectivity index (χ2n) is 10.5. The molecule has 0 saturated heterocycles. The Bertz CT molecular complexity index is 1070. The van der Waals surface area contributed by atoms with E-state index in [1.165, 1.54) is 31.0 Å². The molecular formula is C28H40ClN3O6. The number of phenolic OH excluding ortho intramolecular Hbond substituents is 1. The summed E-state index contributed by atoms with van der Waals surface area (Å²) >= 11 is 6.05. The van der Waals surface area contributed by atoms with E-state index in [1.54, 1.807) is 26.8 Å². The van der Waals surface area contributed by atoms with Crippen molar-refractivity contribution in [2.24, 2.45) is 11.8 Å². The molecule has 0 saturated carbocycles. The number of cyclic esters (lactones) is 1. The summed E-state index contributed by atoms with van der Waals surface area (Å²) in [7, 11) is 1.47. The van der Waals surface area contributed by atoms with Gasteiger partial charge >= 0.3 is 5.97 Å². The largest absolute Gasteiger partial charge is 0.506 e. The Labute approximate surface area is 229 Å². The maximum Gasteiger partial charge on any atom is 0.328 e. The van der Waals surface area contributed by atoms with Crippen molar-refractivity contribution in [1.29, 1.82) is 0 Å². The third-order valence-electron chi connectivity index (χ3n) is 6.67. The molecular weight excluding hydrogens is 510 g/mol. The van der Waals surface area contributed by atoms with Crippen molar-refractivity contribution in [1.82, 2.24) is 15.5 Å². The Kier molecular flexibility index (Phi) is 11.2. The third-order valence-corrected chi connectivity index (χ3v) is 6.97. The highest BCUT2D eigenvalue weighted by atomic mass is 35.5. The molecule has 1 heterocycles. The minimum absolute atomic E-state index is 0.0603. The molecule has 0 unspecified atom stereocenters. The fourth-order valence-electron chi connectivity index (χ4n) is 4.62. The quantitative estimate of drug-likeness (QED) is 0.384. The van der Waals surface area contributed by atoms with E-state index in [2.05, 4.69) is 16.7 Å². The zero-order chi connectivity index (χ0) is 28.7. The molecule has 0 aromatic heterocycles. The van der Waals surface area contributed by atoms with Crippen molar-refractivity contribution in [2.75, 3.05) is 7.05 Å². The number of allylic oxidation sites excluding steroid dienone is 2. The van der Waals surface area contributed by atoms with Crippen LogP contribution in [0.3, 0.4) is 0 Å². The average molecular weight is 550 g/mol. The molecule has 0 bridgehead atoms. The predicted octanol–water partition coefficient (Wildman–Crippen LogP) is 3.37. The summed E-state index contributed by atoms with van der Waals surface area (Å²) in [4.78, 5) is 53.5. The molecule has 3 amide bonds. The van der Waals surface area contributed by atoms with Crippen molar-refractivity contribution in [3.63, 3.8) is 0 Å². The third kappa shape index (κ3) is 8.75. The smallest absolute Gasteiger partial charge is 0.328 e. The molecule has 0 fully saturated rings. The number of ether oxygens (including phenoxy) is 1. The van der Waals surface area contributed by atoms with Crippen LogP contribution in [-0.4, -0.2) is 65.0 Å². The van der Waals surface area contributed by atoms with E-state index >= 15 is 0 Å². The van der Waals surface area contributed by atoms with E-state index in [1.807, 2.05) is 13.8 Å². The van der Waals surface area contributed by atoms with E-state index in [0.29, 0.717) is 18.4 Å². The van der Waals surface area contributed by atoms with E-state index in [9.17, 15) is 24.3 Å². The molecule has 1 aliphatic heterocycles. The number of esters is 1. The summed E-state index contributed by atoms with van der Waals surface area (Å²) in [5.41, 5.74) is 1.63. The average Bonchev–Trinajstić information content (AvgIpc) is 2.82. The Morgan fingerprint density at radius 2 is 1.66 bits per heavy atom. The maximum absolute atomic E-state index is 13.4. The summed E-state index contributed by atoms with van der Waals surface area (Å²) in [6.45, 7) is 10.7. The lowest BCUT2D eigenvalue weighted by molar-refractivity contribution is -0.153. The summed E-state index contributed by atoms with van der Waals surface area (Å²) in [6, 6.07) is 1.64. The van der Waals surface area contributed by atoms with Crippen LogP contribution in [0.5, 0.6) is 5.75 Å². The fourth-order valence-corrected chi connectivity index (χ4v) is 4.82. The van der Waals surface area contributed by atoms with E-state index in [4.69, 9.17) is 16.3 Å². The van der Waals surface area contributed by atoms with Gasteiger partial charge in [0.1, 0.15) is 23.9 Å². The number of halogens is 1. The normalized spacial score (nSPS) is 30.3. The first kappa shape index (κ1) is 31.1. The first-order chi connectivity index (χ1) is 17.7. The highest BCUT2D eigenvalue weighted by Gasteiger charge is 2.33. The van der Waals surface area contributed by atoms with Crippen molar-refractivity contribution >= 4 is 35.3 Å². The molecule has 0 radical (unpaired) electrons. The Morgan fingerprint density at radius 1 is 1.03 bits per heavy atom. The van der Waals surface area contributed by atoms with Crippen LogP contribution >= 0.6 is 11.6 Å². The van der Waals surface area contributed by atoms with Crippen LogP contribution in [0.15, 0.2) is 29.8 Å². The van der Waals surface area contributed by atoms with Crippen LogP contribution in [0.1, 0.15) is 59.9 Å². The van der Waals surface area contributed by atoms with Gasteiger partial charge in [-0.25, -0.2) is 4.79 Å². The molecule has 9 nitrogen and oxygen atoms in total. The van der Waals surface area contributed by atoms with Gasteiger partial charge in [-0.1, -0.05) is 43.2 Å². The molecule has 3 N–H and O–H groups in total. The summed E-state index contributed by atoms with van der Waals surface area (Å²) < 4.78 is 5.57. The lowest BCUT2D eigenvalue weighted by Gasteiger charge is -2.31. The number of rotatable bonds is 2. The lowest BCUT2D eigenvalue weighted by atomic mass is 9.95. The van der Waals surface area contributed by atoms with Gasteiger partial charge in [0.25, 0.3) is 0 Å². The molecule has 2 rings (SSSR count). The molecule has 10 heteroatoms. The number of hydrogen-bond acceptors (Lipinski definition) is 6. The van der Waals surface area contributed by atoms with Gasteiger partial charge < -0.3 is 25.4 Å². The molecule has 38 heavy (non-hydrogen) atoms. The lowest BCUT2D eigenvalue weighted by Crippen LogP contribution is -2.56. The molecule has 210 valence electrons. The standard InChI is InChI=1S/C28H40ClN3O6/c1-15-10-16(2)12-18(4)38-28(37)20(6)31-26(35)23(14-21-8-9-24(33)22(29)13-21)32(7)27(36)19(5)30-25(34)17(3)11-15/h8-10,13,16-20,23,33H,11-12,14H2,1-7H3,(H,30,34)(H,31,35)/b15-10+/t16-,17-,18-,19-,20-,23+/m0/s1. The maximum atomic E-state index is 13.4. The van der Waals surface area contributed by atoms with E-state index in [-0.39, 0.29) is 41.0 Å². The number of phenols is 1. The van der Waals surface area contributed by atoms with Gasteiger partial charge in [0.15, 0.2) is 0 Å². The van der Waals surface area contributed by atoms with Crippen LogP contribution in [0.4, 0.5) is 0 Å². The number of nitrogens with zero attached hydrogens (tertiary/aromatic N) is 1. The van der Waals surface area contributed by atoms with E-state index in [0.717, 1.165) is 5.57 Å². The van der Waals surface area contributed by atoms with E-state index < -0.39 is 35.9 Å². The summed E-state index contributed by atoms with van der Waals surface area (Å²) in [5, 5.41) is 15.3. The summed E-state index contributed by atoms with van der Waals surface area (Å²) in [5.74, 6) is -2.25. The Hall–Kier alpha value is -3.07. The minimum Gasteiger partial charge on any atom is -0.506 e. The van der Waals surface area contributed by atoms with Gasteiger partial charge in [-0.15, -0.1) is 0 Å². The number of hydrogen-bond donors (Lipinski definition) is 3. The fraction of sp³-hybridized carbons (Fsp3) is 0.571. The minimum atomic E-state index is -1.03. The Balaban J connectivity index is 2.40. The molecule has 1 aliphatic rings. The summed E-state index contributed by atoms with van der Waals surface area (Å²) in [6.07, 6.45) is 2.84. The second-order valence-corrected chi connectivity index (χ2v) is 10.9. The molecule has 1 aromatic rings. The monoisotopic (exact) mass is 549 g/mol. The van der Waals surface area contributed by atoms with Crippen LogP contribution in [0.2, 0.25) is 5.02 Å². The molecule has 6 atom stereocenters. The topological polar surface area (TPSA) is 125 Å². The number of benzene rings is 1. The number of nitrogens with one attached hydrogen (secondary N) is 2. The zero-order valence-corrected chi connectivity index (χ0v) is 24.0. The zero-order valence-electron chi connectivity index (χ0n) is 23.2. The van der Waals surface area contributed by atoms with Crippen LogP contribution < -0.4 is 10.6 Å². The van der Waals surface area contributed by atoms with Crippen molar-refractivity contribution in [3.05, 3.63) is 40.4 Å². The number of likely N-dealkylation sites (N-methyl/N-ethyl adjacent to an activating group) is 1. The van der Waals surface area contributed by atoms with Crippen LogP contribution in [-0.2, 0) is 30.3 Å². The van der Waals surface area contributed by atoms with Crippen LogP contribution in [0.25, 0.3) is 0 Å². The number of amides is 3. The number of aromatic hydroxyl groups is 1. The first-order valence-corrected chi connectivity index (χ1v) is 13.3. The van der Waals surface area contributed by atoms with Gasteiger partial charge in [-0.05, 0) is 64.2 Å². The SMILES string of the molecule is C/C1=C\[C@H](C)C[C@H](C)OC(=O)[C@H](C)NC(=O)[C@@H](Cc2ccc(O)c(Cl)c2)N(C)C(=O)[C@H](C)NC(=O)[C@@H](C)C1. The highest BCUT2D eigenvalue weighted by molar-refractivity contribution is 6.32. The van der Waals surface area contributed by atoms with Gasteiger partial charge in [0.2, 0.25) is 17.7 Å². The molecule has 0 aliphatic carbocycles. The van der Waals surface area contributed by atoms with Crippen LogP contribution in [0, 0.1) is 11.8 Å². The Morgan fingerprint density at radius 3 is 2.29 bits per heavy atom. The highest BCUT2D eigenvalue weighted by Crippen LogP contribution is 2.25. The molecule has 0 spiro atoms.